The summed E-state index contributed by atoms with van der Waals surface area (Å²) in [5.41, 5.74) is 8.11. The molecule has 0 radical (unpaired) electrons. The van der Waals surface area contributed by atoms with Gasteiger partial charge in [-0.1, -0.05) is 13.0 Å². The number of ether oxygens (including phenoxy) is 1. The molecule has 4 heteroatoms. The van der Waals surface area contributed by atoms with Crippen LogP contribution in [0.1, 0.15) is 42.1 Å². The first kappa shape index (κ1) is 14.9. The Bertz CT molecular complexity index is 474. The summed E-state index contributed by atoms with van der Waals surface area (Å²) in [5.74, 6) is 0.0691. The van der Waals surface area contributed by atoms with Gasteiger partial charge in [-0.25, -0.2) is 0 Å². The van der Waals surface area contributed by atoms with Crippen LogP contribution in [0.4, 0.5) is 5.69 Å². The number of benzene rings is 1. The molecule has 0 aromatic heterocycles. The molecule has 110 valence electrons. The SMILES string of the molecule is CCCOC1CCCN(C(=O)c2cc(N)ccc2C)C1. The Morgan fingerprint density at radius 1 is 1.50 bits per heavy atom. The molecule has 1 aromatic carbocycles. The summed E-state index contributed by atoms with van der Waals surface area (Å²) in [6, 6.07) is 5.50. The zero-order valence-corrected chi connectivity index (χ0v) is 12.4. The van der Waals surface area contributed by atoms with Crippen molar-refractivity contribution in [2.45, 2.75) is 39.2 Å². The van der Waals surface area contributed by atoms with Crippen molar-refractivity contribution in [3.05, 3.63) is 29.3 Å². The first-order chi connectivity index (χ1) is 9.61. The third kappa shape index (κ3) is 3.51. The van der Waals surface area contributed by atoms with E-state index in [4.69, 9.17) is 10.5 Å². The molecular formula is C16H24N2O2. The second-order valence-electron chi connectivity index (χ2n) is 5.46. The summed E-state index contributed by atoms with van der Waals surface area (Å²) < 4.78 is 5.78. The highest BCUT2D eigenvalue weighted by Crippen LogP contribution is 2.19. The molecular weight excluding hydrogens is 252 g/mol. The number of likely N-dealkylation sites (tertiary alicyclic amines) is 1. The van der Waals surface area contributed by atoms with Crippen LogP contribution in [0.2, 0.25) is 0 Å². The number of carbonyl (C=O) groups excluding carboxylic acids is 1. The molecule has 1 aliphatic rings. The molecule has 0 aliphatic carbocycles. The second kappa shape index (κ2) is 6.75. The first-order valence-corrected chi connectivity index (χ1v) is 7.38. The molecule has 2 N–H and O–H groups in total. The average molecular weight is 276 g/mol. The minimum Gasteiger partial charge on any atom is -0.399 e. The molecule has 0 spiro atoms. The number of amides is 1. The monoisotopic (exact) mass is 276 g/mol. The third-order valence-corrected chi connectivity index (χ3v) is 3.72. The van der Waals surface area contributed by atoms with Crippen molar-refractivity contribution in [2.75, 3.05) is 25.4 Å². The number of rotatable bonds is 4. The highest BCUT2D eigenvalue weighted by Gasteiger charge is 2.25. The van der Waals surface area contributed by atoms with Crippen molar-refractivity contribution < 1.29 is 9.53 Å². The predicted molar refractivity (Wildman–Crippen MR) is 80.8 cm³/mol. The Labute approximate surface area is 120 Å². The van der Waals surface area contributed by atoms with Crippen LogP contribution >= 0.6 is 0 Å². The Morgan fingerprint density at radius 3 is 3.05 bits per heavy atom. The number of aryl methyl sites for hydroxylation is 1. The molecule has 1 heterocycles. The van der Waals surface area contributed by atoms with Crippen LogP contribution < -0.4 is 5.73 Å². The van der Waals surface area contributed by atoms with E-state index in [1.807, 2.05) is 24.0 Å². The summed E-state index contributed by atoms with van der Waals surface area (Å²) in [6.07, 6.45) is 3.23. The number of carbonyl (C=O) groups is 1. The maximum absolute atomic E-state index is 12.6. The molecule has 4 nitrogen and oxygen atoms in total. The molecule has 1 fully saturated rings. The average Bonchev–Trinajstić information content (AvgIpc) is 2.47. The molecule has 1 saturated heterocycles. The number of piperidine rings is 1. The maximum Gasteiger partial charge on any atom is 0.254 e. The van der Waals surface area contributed by atoms with Gasteiger partial charge < -0.3 is 15.4 Å². The molecule has 1 atom stereocenters. The van der Waals surface area contributed by atoms with Gasteiger partial charge in [0, 0.05) is 30.9 Å². The van der Waals surface area contributed by atoms with E-state index in [9.17, 15) is 4.79 Å². The number of anilines is 1. The third-order valence-electron chi connectivity index (χ3n) is 3.72. The summed E-state index contributed by atoms with van der Waals surface area (Å²) in [6.45, 7) is 6.31. The van der Waals surface area contributed by atoms with E-state index in [1.54, 1.807) is 6.07 Å². The van der Waals surface area contributed by atoms with E-state index in [2.05, 4.69) is 6.92 Å². The highest BCUT2D eigenvalue weighted by molar-refractivity contribution is 5.96. The fraction of sp³-hybridized carbons (Fsp3) is 0.562. The fourth-order valence-electron chi connectivity index (χ4n) is 2.58. The molecule has 1 aromatic rings. The Morgan fingerprint density at radius 2 is 2.30 bits per heavy atom. The molecule has 0 saturated carbocycles. The van der Waals surface area contributed by atoms with Crippen LogP contribution in [-0.2, 0) is 4.74 Å². The van der Waals surface area contributed by atoms with Gasteiger partial charge in [-0.05, 0) is 43.9 Å². The van der Waals surface area contributed by atoms with Crippen molar-refractivity contribution in [1.29, 1.82) is 0 Å². The molecule has 20 heavy (non-hydrogen) atoms. The number of nitrogens with zero attached hydrogens (tertiary/aromatic N) is 1. The predicted octanol–water partition coefficient (Wildman–Crippen LogP) is 2.61. The van der Waals surface area contributed by atoms with Crippen LogP contribution in [0.15, 0.2) is 18.2 Å². The molecule has 2 rings (SSSR count). The maximum atomic E-state index is 12.6. The van der Waals surface area contributed by atoms with Gasteiger partial charge in [-0.3, -0.25) is 4.79 Å². The van der Waals surface area contributed by atoms with Crippen LogP contribution in [0.25, 0.3) is 0 Å². The topological polar surface area (TPSA) is 55.6 Å². The summed E-state index contributed by atoms with van der Waals surface area (Å²) in [7, 11) is 0. The van der Waals surface area contributed by atoms with Gasteiger partial charge in [0.05, 0.1) is 6.10 Å². The zero-order chi connectivity index (χ0) is 14.5. The van der Waals surface area contributed by atoms with Crippen LogP contribution in [0, 0.1) is 6.92 Å². The molecule has 1 aliphatic heterocycles. The second-order valence-corrected chi connectivity index (χ2v) is 5.46. The smallest absolute Gasteiger partial charge is 0.254 e. The van der Waals surface area contributed by atoms with Gasteiger partial charge in [0.2, 0.25) is 0 Å². The summed E-state index contributed by atoms with van der Waals surface area (Å²) in [4.78, 5) is 14.5. The van der Waals surface area contributed by atoms with Crippen molar-refractivity contribution in [2.24, 2.45) is 0 Å². The standard InChI is InChI=1S/C16H24N2O2/c1-3-9-20-14-5-4-8-18(11-14)16(19)15-10-13(17)7-6-12(15)2/h6-7,10,14H,3-5,8-9,11,17H2,1-2H3. The lowest BCUT2D eigenvalue weighted by atomic mass is 10.0. The normalized spacial score (nSPS) is 19.1. The van der Waals surface area contributed by atoms with E-state index in [0.717, 1.165) is 38.0 Å². The fourth-order valence-corrected chi connectivity index (χ4v) is 2.58. The largest absolute Gasteiger partial charge is 0.399 e. The highest BCUT2D eigenvalue weighted by atomic mass is 16.5. The number of nitrogens with two attached hydrogens (primary N) is 1. The van der Waals surface area contributed by atoms with Crippen LogP contribution in [0.5, 0.6) is 0 Å². The number of hydrogen-bond acceptors (Lipinski definition) is 3. The van der Waals surface area contributed by atoms with Gasteiger partial charge in [0.25, 0.3) is 5.91 Å². The quantitative estimate of drug-likeness (QED) is 0.860. The lowest BCUT2D eigenvalue weighted by Crippen LogP contribution is -2.43. The van der Waals surface area contributed by atoms with Crippen molar-refractivity contribution in [3.8, 4) is 0 Å². The van der Waals surface area contributed by atoms with Crippen LogP contribution in [-0.4, -0.2) is 36.6 Å². The summed E-state index contributed by atoms with van der Waals surface area (Å²) >= 11 is 0. The number of nitrogen functional groups attached to an aromatic ring is 1. The van der Waals surface area contributed by atoms with E-state index in [0.29, 0.717) is 17.8 Å². The first-order valence-electron chi connectivity index (χ1n) is 7.38. The van der Waals surface area contributed by atoms with Crippen LogP contribution in [0.3, 0.4) is 0 Å². The van der Waals surface area contributed by atoms with E-state index in [-0.39, 0.29) is 12.0 Å². The van der Waals surface area contributed by atoms with Crippen molar-refractivity contribution in [3.63, 3.8) is 0 Å². The minimum atomic E-state index is 0.0691. The molecule has 1 amide bonds. The van der Waals surface area contributed by atoms with E-state index >= 15 is 0 Å². The lowest BCUT2D eigenvalue weighted by Gasteiger charge is -2.33. The van der Waals surface area contributed by atoms with Gasteiger partial charge in [-0.2, -0.15) is 0 Å². The van der Waals surface area contributed by atoms with Gasteiger partial charge in [0.15, 0.2) is 0 Å². The Hall–Kier alpha value is -1.55. The lowest BCUT2D eigenvalue weighted by molar-refractivity contribution is 0.00209. The van der Waals surface area contributed by atoms with E-state index in [1.165, 1.54) is 0 Å². The molecule has 1 unspecified atom stereocenters. The van der Waals surface area contributed by atoms with Gasteiger partial charge >= 0.3 is 0 Å². The van der Waals surface area contributed by atoms with Crippen molar-refractivity contribution >= 4 is 11.6 Å². The Balaban J connectivity index is 2.06. The van der Waals surface area contributed by atoms with Gasteiger partial charge in [0.1, 0.15) is 0 Å². The number of hydrogen-bond donors (Lipinski definition) is 1. The summed E-state index contributed by atoms with van der Waals surface area (Å²) in [5, 5.41) is 0. The molecule has 0 bridgehead atoms. The van der Waals surface area contributed by atoms with Crippen molar-refractivity contribution in [1.82, 2.24) is 4.90 Å². The van der Waals surface area contributed by atoms with E-state index < -0.39 is 0 Å². The van der Waals surface area contributed by atoms with Gasteiger partial charge in [-0.15, -0.1) is 0 Å². The zero-order valence-electron chi connectivity index (χ0n) is 12.4. The Kier molecular flexibility index (Phi) is 5.01. The minimum absolute atomic E-state index is 0.0691.